The van der Waals surface area contributed by atoms with Crippen LogP contribution in [0.4, 0.5) is 0 Å². The molecule has 10 heavy (non-hydrogen) atoms. The summed E-state index contributed by atoms with van der Waals surface area (Å²) in [6.45, 7) is 2.74. The lowest BCUT2D eigenvalue weighted by atomic mass is 10.3. The van der Waals surface area contributed by atoms with Crippen LogP contribution in [-0.4, -0.2) is 32.3 Å². The number of nitrogens with one attached hydrogen (secondary N) is 1. The smallest absolute Gasteiger partial charge is 0.0621 e. The summed E-state index contributed by atoms with van der Waals surface area (Å²) in [6.07, 6.45) is 0. The average Bonchev–Trinajstić information content (AvgIpc) is 2.03. The van der Waals surface area contributed by atoms with Crippen molar-refractivity contribution in [1.82, 2.24) is 5.32 Å². The minimum absolute atomic E-state index is 0.213. The lowest BCUT2D eigenvalue weighted by molar-refractivity contribution is 0.0795. The molecule has 0 spiro atoms. The lowest BCUT2D eigenvalue weighted by Crippen LogP contribution is -2.42. The number of hydrogen-bond donors (Lipinski definition) is 1. The molecule has 0 aromatic carbocycles. The summed E-state index contributed by atoms with van der Waals surface area (Å²) in [7, 11) is 0. The maximum atomic E-state index is 7.99. The van der Waals surface area contributed by atoms with E-state index in [4.69, 9.17) is 10.3 Å². The van der Waals surface area contributed by atoms with Crippen LogP contribution in [0.3, 0.4) is 0 Å². The van der Waals surface area contributed by atoms with Crippen molar-refractivity contribution in [3.8, 4) is 0 Å². The Balaban J connectivity index is 2.19. The van der Waals surface area contributed by atoms with E-state index in [0.29, 0.717) is 13.2 Å². The van der Waals surface area contributed by atoms with Crippen molar-refractivity contribution in [2.75, 3.05) is 26.3 Å². The monoisotopic (exact) mass is 142 g/mol. The van der Waals surface area contributed by atoms with Gasteiger partial charge in [-0.05, 0) is 5.53 Å². The molecule has 0 aliphatic carbocycles. The molecule has 56 valence electrons. The standard InChI is InChI=1S/C5H10N4O/c6-9-8-3-5-4-10-2-1-7-5/h5,7H,1-4H2/t5-/m0/s1. The van der Waals surface area contributed by atoms with Gasteiger partial charge in [-0.25, -0.2) is 0 Å². The van der Waals surface area contributed by atoms with Crippen molar-refractivity contribution >= 4 is 0 Å². The lowest BCUT2D eigenvalue weighted by Gasteiger charge is -2.21. The Morgan fingerprint density at radius 2 is 2.70 bits per heavy atom. The molecule has 1 saturated heterocycles. The second kappa shape index (κ2) is 4.11. The van der Waals surface area contributed by atoms with Gasteiger partial charge in [-0.3, -0.25) is 0 Å². The number of hydrogen-bond acceptors (Lipinski definition) is 3. The first-order valence-corrected chi connectivity index (χ1v) is 3.25. The van der Waals surface area contributed by atoms with Crippen LogP contribution in [0.5, 0.6) is 0 Å². The Morgan fingerprint density at radius 3 is 3.30 bits per heavy atom. The Bertz CT molecular complexity index is 137. The van der Waals surface area contributed by atoms with E-state index in [1.807, 2.05) is 0 Å². The highest BCUT2D eigenvalue weighted by molar-refractivity contribution is 4.72. The van der Waals surface area contributed by atoms with Crippen LogP contribution in [0.25, 0.3) is 10.4 Å². The van der Waals surface area contributed by atoms with Gasteiger partial charge in [-0.2, -0.15) is 0 Å². The highest BCUT2D eigenvalue weighted by Crippen LogP contribution is 1.92. The summed E-state index contributed by atoms with van der Waals surface area (Å²) in [5.41, 5.74) is 7.99. The summed E-state index contributed by atoms with van der Waals surface area (Å²) < 4.78 is 5.13. The summed E-state index contributed by atoms with van der Waals surface area (Å²) in [4.78, 5) is 2.66. The van der Waals surface area contributed by atoms with E-state index >= 15 is 0 Å². The topological polar surface area (TPSA) is 70.0 Å². The maximum Gasteiger partial charge on any atom is 0.0621 e. The third kappa shape index (κ3) is 2.23. The second-order valence-corrected chi connectivity index (χ2v) is 2.14. The first-order valence-electron chi connectivity index (χ1n) is 3.25. The SMILES string of the molecule is [N-]=[N+]=NC[C@H]1COCCN1. The van der Waals surface area contributed by atoms with Crippen LogP contribution in [-0.2, 0) is 4.74 Å². The molecule has 1 atom stereocenters. The molecule has 0 radical (unpaired) electrons. The number of morpholine rings is 1. The molecule has 0 aromatic rings. The molecule has 0 amide bonds. The molecule has 1 heterocycles. The highest BCUT2D eigenvalue weighted by atomic mass is 16.5. The van der Waals surface area contributed by atoms with Gasteiger partial charge < -0.3 is 10.1 Å². The van der Waals surface area contributed by atoms with Crippen LogP contribution in [0.2, 0.25) is 0 Å². The van der Waals surface area contributed by atoms with E-state index in [-0.39, 0.29) is 6.04 Å². The molecule has 1 fully saturated rings. The zero-order valence-corrected chi connectivity index (χ0v) is 5.66. The molecule has 1 aliphatic heterocycles. The molecular formula is C5H10N4O. The van der Waals surface area contributed by atoms with Gasteiger partial charge >= 0.3 is 0 Å². The molecule has 0 bridgehead atoms. The Morgan fingerprint density at radius 1 is 1.80 bits per heavy atom. The van der Waals surface area contributed by atoms with E-state index in [0.717, 1.165) is 13.2 Å². The second-order valence-electron chi connectivity index (χ2n) is 2.14. The van der Waals surface area contributed by atoms with E-state index in [2.05, 4.69) is 15.3 Å². The minimum Gasteiger partial charge on any atom is -0.379 e. The van der Waals surface area contributed by atoms with Crippen molar-refractivity contribution in [3.05, 3.63) is 10.4 Å². The van der Waals surface area contributed by atoms with Gasteiger partial charge in [-0.15, -0.1) is 0 Å². The molecule has 0 saturated carbocycles. The predicted octanol–water partition coefficient (Wildman–Crippen LogP) is 0.285. The molecule has 0 unspecified atom stereocenters. The van der Waals surface area contributed by atoms with Crippen molar-refractivity contribution in [2.24, 2.45) is 5.11 Å². The summed E-state index contributed by atoms with van der Waals surface area (Å²) >= 11 is 0. The van der Waals surface area contributed by atoms with Crippen LogP contribution in [0.15, 0.2) is 5.11 Å². The zero-order valence-electron chi connectivity index (χ0n) is 5.66. The summed E-state index contributed by atoms with van der Waals surface area (Å²) in [5.74, 6) is 0. The van der Waals surface area contributed by atoms with Gasteiger partial charge in [0.15, 0.2) is 0 Å². The van der Waals surface area contributed by atoms with Crippen LogP contribution >= 0.6 is 0 Å². The van der Waals surface area contributed by atoms with Gasteiger partial charge in [-0.1, -0.05) is 5.11 Å². The van der Waals surface area contributed by atoms with Crippen molar-refractivity contribution in [3.63, 3.8) is 0 Å². The predicted molar refractivity (Wildman–Crippen MR) is 36.6 cm³/mol. The third-order valence-electron chi connectivity index (χ3n) is 1.36. The summed E-state index contributed by atoms with van der Waals surface area (Å²) in [5, 5.41) is 6.60. The van der Waals surface area contributed by atoms with Gasteiger partial charge in [0.25, 0.3) is 0 Å². The largest absolute Gasteiger partial charge is 0.379 e. The first kappa shape index (κ1) is 7.34. The molecule has 5 heteroatoms. The molecule has 1 N–H and O–H groups in total. The van der Waals surface area contributed by atoms with Crippen LogP contribution in [0.1, 0.15) is 0 Å². The Labute approximate surface area is 59.0 Å². The first-order chi connectivity index (χ1) is 4.93. The number of rotatable bonds is 2. The summed E-state index contributed by atoms with van der Waals surface area (Å²) in [6, 6.07) is 0.213. The van der Waals surface area contributed by atoms with E-state index < -0.39 is 0 Å². The van der Waals surface area contributed by atoms with E-state index in [1.165, 1.54) is 0 Å². The van der Waals surface area contributed by atoms with Gasteiger partial charge in [0.2, 0.25) is 0 Å². The zero-order chi connectivity index (χ0) is 7.23. The van der Waals surface area contributed by atoms with Crippen molar-refractivity contribution in [2.45, 2.75) is 6.04 Å². The normalized spacial score (nSPS) is 25.4. The average molecular weight is 142 g/mol. The van der Waals surface area contributed by atoms with Crippen molar-refractivity contribution < 1.29 is 4.74 Å². The van der Waals surface area contributed by atoms with E-state index in [1.54, 1.807) is 0 Å². The van der Waals surface area contributed by atoms with Crippen LogP contribution < -0.4 is 5.32 Å². The quantitative estimate of drug-likeness (QED) is 0.342. The molecular weight excluding hydrogens is 132 g/mol. The maximum absolute atomic E-state index is 7.99. The number of ether oxygens (including phenoxy) is 1. The van der Waals surface area contributed by atoms with Crippen LogP contribution in [0, 0.1) is 0 Å². The minimum atomic E-state index is 0.213. The molecule has 5 nitrogen and oxygen atoms in total. The molecule has 1 aliphatic rings. The molecule has 0 aromatic heterocycles. The fraction of sp³-hybridized carbons (Fsp3) is 1.00. The van der Waals surface area contributed by atoms with Gasteiger partial charge in [0, 0.05) is 24.0 Å². The van der Waals surface area contributed by atoms with E-state index in [9.17, 15) is 0 Å². The Hall–Kier alpha value is -0.770. The highest BCUT2D eigenvalue weighted by Gasteiger charge is 2.10. The number of nitrogens with zero attached hydrogens (tertiary/aromatic N) is 3. The fourth-order valence-electron chi connectivity index (χ4n) is 0.872. The van der Waals surface area contributed by atoms with Gasteiger partial charge in [0.05, 0.1) is 13.2 Å². The fourth-order valence-corrected chi connectivity index (χ4v) is 0.872. The third-order valence-corrected chi connectivity index (χ3v) is 1.36. The molecule has 1 rings (SSSR count). The number of azide groups is 1. The van der Waals surface area contributed by atoms with Gasteiger partial charge in [0.1, 0.15) is 0 Å². The van der Waals surface area contributed by atoms with Crippen molar-refractivity contribution in [1.29, 1.82) is 0 Å². The Kier molecular flexibility index (Phi) is 3.02.